The van der Waals surface area contributed by atoms with Crippen molar-refractivity contribution in [3.63, 3.8) is 0 Å². The van der Waals surface area contributed by atoms with Crippen molar-refractivity contribution in [1.82, 2.24) is 5.32 Å². The van der Waals surface area contributed by atoms with Gasteiger partial charge in [0.25, 0.3) is 5.91 Å². The van der Waals surface area contributed by atoms with Gasteiger partial charge < -0.3 is 10.1 Å². The first-order valence-corrected chi connectivity index (χ1v) is 10.3. The van der Waals surface area contributed by atoms with Crippen LogP contribution in [0, 0.1) is 23.2 Å². The lowest BCUT2D eigenvalue weighted by Crippen LogP contribution is -2.56. The van der Waals surface area contributed by atoms with Crippen molar-refractivity contribution in [1.29, 1.82) is 0 Å². The molecule has 1 aromatic carbocycles. The van der Waals surface area contributed by atoms with Crippen molar-refractivity contribution in [2.45, 2.75) is 57.7 Å². The number of esters is 1. The zero-order valence-corrected chi connectivity index (χ0v) is 16.4. The van der Waals surface area contributed by atoms with Crippen LogP contribution in [0.25, 0.3) is 0 Å². The van der Waals surface area contributed by atoms with Gasteiger partial charge in [-0.15, -0.1) is 0 Å². The monoisotopic (exact) mass is 409 g/mol. The average Bonchev–Trinajstić information content (AvgIpc) is 2.64. The summed E-state index contributed by atoms with van der Waals surface area (Å²) in [7, 11) is 0. The summed E-state index contributed by atoms with van der Waals surface area (Å²) in [6, 6.07) is 4.39. The molecule has 4 nitrogen and oxygen atoms in total. The highest BCUT2D eigenvalue weighted by Gasteiger charge is 2.53. The van der Waals surface area contributed by atoms with Crippen LogP contribution in [0.1, 0.15) is 61.4 Å². The summed E-state index contributed by atoms with van der Waals surface area (Å²) < 4.78 is 44.1. The lowest BCUT2D eigenvalue weighted by molar-refractivity contribution is -0.138. The molecule has 1 N–H and O–H groups in total. The first kappa shape index (κ1) is 20.2. The third kappa shape index (κ3) is 4.01. The smallest absolute Gasteiger partial charge is 0.417 e. The van der Waals surface area contributed by atoms with E-state index in [0.717, 1.165) is 49.1 Å². The Balaban J connectivity index is 1.35. The predicted octanol–water partition coefficient (Wildman–Crippen LogP) is 4.58. The molecule has 4 aliphatic carbocycles. The van der Waals surface area contributed by atoms with E-state index in [2.05, 4.69) is 5.32 Å². The number of nitrogens with one attached hydrogen (secondary N) is 1. The van der Waals surface area contributed by atoms with Gasteiger partial charge in [0.15, 0.2) is 6.61 Å². The minimum atomic E-state index is -4.66. The Morgan fingerprint density at radius 2 is 1.66 bits per heavy atom. The molecule has 1 aromatic rings. The molecule has 0 spiro atoms. The lowest BCUT2D eigenvalue weighted by atomic mass is 9.48. The van der Waals surface area contributed by atoms with E-state index >= 15 is 0 Å². The Morgan fingerprint density at radius 3 is 2.21 bits per heavy atom. The molecule has 1 atom stereocenters. The van der Waals surface area contributed by atoms with E-state index in [1.165, 1.54) is 31.4 Å². The van der Waals surface area contributed by atoms with Crippen LogP contribution < -0.4 is 5.32 Å². The van der Waals surface area contributed by atoms with E-state index in [-0.39, 0.29) is 11.5 Å². The zero-order chi connectivity index (χ0) is 20.8. The minimum Gasteiger partial charge on any atom is -0.452 e. The molecule has 4 bridgehead atoms. The summed E-state index contributed by atoms with van der Waals surface area (Å²) in [5, 5.41) is 2.95. The Hall–Kier alpha value is -2.05. The maximum atomic E-state index is 13.1. The molecule has 0 aliphatic heterocycles. The Labute approximate surface area is 168 Å². The fourth-order valence-corrected chi connectivity index (χ4v) is 6.26. The molecule has 158 valence electrons. The first-order chi connectivity index (χ1) is 13.7. The van der Waals surface area contributed by atoms with Crippen LogP contribution in [0.15, 0.2) is 24.3 Å². The van der Waals surface area contributed by atoms with Crippen molar-refractivity contribution in [3.05, 3.63) is 35.4 Å². The fourth-order valence-electron chi connectivity index (χ4n) is 6.26. The Morgan fingerprint density at radius 1 is 1.10 bits per heavy atom. The molecule has 0 aromatic heterocycles. The van der Waals surface area contributed by atoms with Crippen LogP contribution in [0.3, 0.4) is 0 Å². The third-order valence-electron chi connectivity index (χ3n) is 7.17. The topological polar surface area (TPSA) is 55.4 Å². The number of ether oxygens (including phenoxy) is 1. The van der Waals surface area contributed by atoms with Crippen molar-refractivity contribution >= 4 is 11.9 Å². The summed E-state index contributed by atoms with van der Waals surface area (Å²) in [5.41, 5.74) is -1.54. The summed E-state index contributed by atoms with van der Waals surface area (Å²) in [6.07, 6.45) is 2.62. The molecule has 1 amide bonds. The van der Waals surface area contributed by atoms with Crippen molar-refractivity contribution < 1.29 is 27.5 Å². The number of benzene rings is 1. The highest BCUT2D eigenvalue weighted by molar-refractivity contribution is 5.93. The minimum absolute atomic E-state index is 0.0374. The van der Waals surface area contributed by atoms with Crippen LogP contribution in [-0.4, -0.2) is 24.5 Å². The van der Waals surface area contributed by atoms with Crippen molar-refractivity contribution in [2.24, 2.45) is 23.2 Å². The molecule has 4 aliphatic rings. The normalized spacial score (nSPS) is 31.4. The van der Waals surface area contributed by atoms with Crippen LogP contribution >= 0.6 is 0 Å². The summed E-state index contributed by atoms with van der Waals surface area (Å²) in [6.45, 7) is 1.42. The lowest BCUT2D eigenvalue weighted by Gasteiger charge is -2.59. The van der Waals surface area contributed by atoms with Crippen LogP contribution in [0.4, 0.5) is 13.2 Å². The first-order valence-electron chi connectivity index (χ1n) is 10.3. The molecule has 0 radical (unpaired) electrons. The van der Waals surface area contributed by atoms with Gasteiger partial charge in [-0.05, 0) is 80.8 Å². The standard InChI is InChI=1S/C22H26F3NO3/c1-13(21-9-14-6-15(10-21)8-16(7-14)11-21)26-19(27)12-29-20(28)17-4-2-3-5-18(17)22(23,24)25/h2-5,13-16H,6-12H2,1H3,(H,26,27)/t13-,14?,15?,16?,21?/m0/s1. The van der Waals surface area contributed by atoms with Gasteiger partial charge >= 0.3 is 12.1 Å². The summed E-state index contributed by atoms with van der Waals surface area (Å²) in [4.78, 5) is 24.5. The van der Waals surface area contributed by atoms with E-state index < -0.39 is 35.8 Å². The quantitative estimate of drug-likeness (QED) is 0.724. The number of amides is 1. The largest absolute Gasteiger partial charge is 0.452 e. The SMILES string of the molecule is C[C@H](NC(=O)COC(=O)c1ccccc1C(F)(F)F)C12CC3CC(CC(C3)C1)C2. The molecule has 5 rings (SSSR count). The summed E-state index contributed by atoms with van der Waals surface area (Å²) in [5.74, 6) is 0.633. The molecule has 4 fully saturated rings. The van der Waals surface area contributed by atoms with Gasteiger partial charge in [0, 0.05) is 6.04 Å². The number of hydrogen-bond donors (Lipinski definition) is 1. The maximum absolute atomic E-state index is 13.1. The van der Waals surface area contributed by atoms with Gasteiger partial charge in [0.1, 0.15) is 0 Å². The van der Waals surface area contributed by atoms with Gasteiger partial charge in [-0.25, -0.2) is 4.79 Å². The van der Waals surface area contributed by atoms with E-state index in [1.54, 1.807) is 0 Å². The fraction of sp³-hybridized carbons (Fsp3) is 0.636. The Bertz CT molecular complexity index is 769. The molecule has 0 heterocycles. The highest BCUT2D eigenvalue weighted by Crippen LogP contribution is 2.61. The molecule has 0 unspecified atom stereocenters. The number of halogens is 3. The number of carbonyl (C=O) groups is 2. The molecule has 29 heavy (non-hydrogen) atoms. The van der Waals surface area contributed by atoms with Crippen LogP contribution in [0.2, 0.25) is 0 Å². The third-order valence-corrected chi connectivity index (χ3v) is 7.17. The Kier molecular flexibility index (Phi) is 5.11. The highest BCUT2D eigenvalue weighted by atomic mass is 19.4. The van der Waals surface area contributed by atoms with Gasteiger partial charge in [0.2, 0.25) is 0 Å². The summed E-state index contributed by atoms with van der Waals surface area (Å²) >= 11 is 0. The number of carbonyl (C=O) groups excluding carboxylic acids is 2. The van der Waals surface area contributed by atoms with Gasteiger partial charge in [0.05, 0.1) is 11.1 Å². The number of rotatable bonds is 5. The van der Waals surface area contributed by atoms with E-state index in [1.807, 2.05) is 6.92 Å². The second kappa shape index (κ2) is 7.33. The van der Waals surface area contributed by atoms with E-state index in [4.69, 9.17) is 4.74 Å². The second-order valence-electron chi connectivity index (χ2n) is 9.19. The average molecular weight is 409 g/mol. The molecule has 4 saturated carbocycles. The number of hydrogen-bond acceptors (Lipinski definition) is 3. The van der Waals surface area contributed by atoms with Crippen molar-refractivity contribution in [3.8, 4) is 0 Å². The maximum Gasteiger partial charge on any atom is 0.417 e. The zero-order valence-electron chi connectivity index (χ0n) is 16.4. The van der Waals surface area contributed by atoms with Crippen LogP contribution in [0.5, 0.6) is 0 Å². The number of alkyl halides is 3. The molecule has 7 heteroatoms. The van der Waals surface area contributed by atoms with Crippen LogP contribution in [-0.2, 0) is 15.7 Å². The van der Waals surface area contributed by atoms with Crippen molar-refractivity contribution in [2.75, 3.05) is 6.61 Å². The molecular formula is C22H26F3NO3. The van der Waals surface area contributed by atoms with E-state index in [0.29, 0.717) is 0 Å². The van der Waals surface area contributed by atoms with Gasteiger partial charge in [-0.3, -0.25) is 4.79 Å². The molecular weight excluding hydrogens is 383 g/mol. The molecule has 0 saturated heterocycles. The predicted molar refractivity (Wildman–Crippen MR) is 99.9 cm³/mol. The van der Waals surface area contributed by atoms with Gasteiger partial charge in [-0.2, -0.15) is 13.2 Å². The second-order valence-corrected chi connectivity index (χ2v) is 9.19. The van der Waals surface area contributed by atoms with Gasteiger partial charge in [-0.1, -0.05) is 12.1 Å². The van der Waals surface area contributed by atoms with E-state index in [9.17, 15) is 22.8 Å².